The Balaban J connectivity index is 3.06. The lowest BCUT2D eigenvalue weighted by Gasteiger charge is -1.93. The fourth-order valence-electron chi connectivity index (χ4n) is 0.552. The standard InChI is InChI=1S/C5H11O4P/c6-5(7)3-1-2-4-10(8)9/h10H,1-4H2,(H,6,7)(H,8,9). The second-order valence-corrected chi connectivity index (χ2v) is 3.28. The fraction of sp³-hybridized carbons (Fsp3) is 0.800. The largest absolute Gasteiger partial charge is 0.481 e. The van der Waals surface area contributed by atoms with E-state index in [1.165, 1.54) is 0 Å². The molecule has 0 radical (unpaired) electrons. The smallest absolute Gasteiger partial charge is 0.303 e. The third kappa shape index (κ3) is 7.66. The zero-order chi connectivity index (χ0) is 7.98. The van der Waals surface area contributed by atoms with Gasteiger partial charge in [-0.25, -0.2) is 0 Å². The Bertz CT molecular complexity index is 118. The van der Waals surface area contributed by atoms with Crippen LogP contribution in [0.5, 0.6) is 0 Å². The van der Waals surface area contributed by atoms with E-state index in [0.29, 0.717) is 12.8 Å². The molecule has 0 aromatic heterocycles. The summed E-state index contributed by atoms with van der Waals surface area (Å²) in [5.74, 6) is -0.849. The quantitative estimate of drug-likeness (QED) is 0.465. The zero-order valence-electron chi connectivity index (χ0n) is 5.54. The van der Waals surface area contributed by atoms with Crippen LogP contribution in [0.1, 0.15) is 19.3 Å². The van der Waals surface area contributed by atoms with Gasteiger partial charge in [-0.1, -0.05) is 0 Å². The van der Waals surface area contributed by atoms with Crippen LogP contribution < -0.4 is 0 Å². The number of unbranched alkanes of at least 4 members (excludes halogenated alkanes) is 1. The van der Waals surface area contributed by atoms with E-state index in [9.17, 15) is 9.36 Å². The highest BCUT2D eigenvalue weighted by molar-refractivity contribution is 7.37. The Morgan fingerprint density at radius 1 is 1.40 bits per heavy atom. The van der Waals surface area contributed by atoms with Crippen molar-refractivity contribution in [2.24, 2.45) is 0 Å². The number of carbonyl (C=O) groups is 1. The molecule has 0 saturated heterocycles. The van der Waals surface area contributed by atoms with Gasteiger partial charge >= 0.3 is 5.97 Å². The van der Waals surface area contributed by atoms with Gasteiger partial charge in [-0.2, -0.15) is 0 Å². The molecule has 0 aliphatic rings. The highest BCUT2D eigenvalue weighted by Crippen LogP contribution is 2.15. The van der Waals surface area contributed by atoms with Crippen molar-refractivity contribution in [3.05, 3.63) is 0 Å². The van der Waals surface area contributed by atoms with E-state index in [1.807, 2.05) is 0 Å². The molecule has 0 heterocycles. The van der Waals surface area contributed by atoms with Gasteiger partial charge in [0.1, 0.15) is 0 Å². The van der Waals surface area contributed by atoms with Gasteiger partial charge in [-0.3, -0.25) is 9.36 Å². The summed E-state index contributed by atoms with van der Waals surface area (Å²) in [5, 5.41) is 8.15. The molecule has 2 N–H and O–H groups in total. The number of carboxylic acid groups (broad SMARTS) is 1. The van der Waals surface area contributed by atoms with Crippen LogP contribution in [0.3, 0.4) is 0 Å². The van der Waals surface area contributed by atoms with Crippen LogP contribution in [0.25, 0.3) is 0 Å². The lowest BCUT2D eigenvalue weighted by atomic mass is 10.3. The first-order valence-corrected chi connectivity index (χ1v) is 4.63. The molecule has 0 aromatic rings. The van der Waals surface area contributed by atoms with Crippen molar-refractivity contribution in [3.8, 4) is 0 Å². The van der Waals surface area contributed by atoms with Crippen molar-refractivity contribution >= 4 is 14.0 Å². The molecule has 10 heavy (non-hydrogen) atoms. The molecular formula is C5H11O4P. The molecule has 0 amide bonds. The van der Waals surface area contributed by atoms with Crippen LogP contribution in [0, 0.1) is 0 Å². The summed E-state index contributed by atoms with van der Waals surface area (Å²) < 4.78 is 10.1. The van der Waals surface area contributed by atoms with Crippen molar-refractivity contribution in [2.75, 3.05) is 6.16 Å². The van der Waals surface area contributed by atoms with Crippen molar-refractivity contribution in [1.82, 2.24) is 0 Å². The summed E-state index contributed by atoms with van der Waals surface area (Å²) in [4.78, 5) is 18.2. The molecule has 5 heteroatoms. The van der Waals surface area contributed by atoms with Crippen LogP contribution in [-0.2, 0) is 9.36 Å². The summed E-state index contributed by atoms with van der Waals surface area (Å²) in [7, 11) is -2.38. The predicted molar refractivity (Wildman–Crippen MR) is 37.6 cm³/mol. The number of hydrogen-bond acceptors (Lipinski definition) is 2. The summed E-state index contributed by atoms with van der Waals surface area (Å²) >= 11 is 0. The first-order valence-electron chi connectivity index (χ1n) is 3.06. The van der Waals surface area contributed by atoms with Crippen LogP contribution in [0.15, 0.2) is 0 Å². The van der Waals surface area contributed by atoms with Gasteiger partial charge < -0.3 is 10.00 Å². The van der Waals surface area contributed by atoms with E-state index in [-0.39, 0.29) is 12.6 Å². The van der Waals surface area contributed by atoms with Gasteiger partial charge in [0.25, 0.3) is 0 Å². The van der Waals surface area contributed by atoms with Gasteiger partial charge in [-0.05, 0) is 12.8 Å². The van der Waals surface area contributed by atoms with Gasteiger partial charge in [-0.15, -0.1) is 0 Å². The Morgan fingerprint density at radius 2 is 2.00 bits per heavy atom. The second kappa shape index (κ2) is 5.45. The molecule has 0 saturated carbocycles. The fourth-order valence-corrected chi connectivity index (χ4v) is 1.10. The summed E-state index contributed by atoms with van der Waals surface area (Å²) in [6.07, 6.45) is 1.36. The minimum absolute atomic E-state index is 0.0924. The molecule has 4 nitrogen and oxygen atoms in total. The Kier molecular flexibility index (Phi) is 5.26. The SMILES string of the molecule is O=C(O)CCCC[PH](=O)O. The highest BCUT2D eigenvalue weighted by atomic mass is 31.1. The number of carboxylic acids is 1. The molecule has 1 unspecified atom stereocenters. The molecule has 0 rings (SSSR count). The highest BCUT2D eigenvalue weighted by Gasteiger charge is 1.97. The van der Waals surface area contributed by atoms with Gasteiger partial charge in [0.05, 0.1) is 0 Å². The number of rotatable bonds is 5. The van der Waals surface area contributed by atoms with Crippen molar-refractivity contribution < 1.29 is 19.4 Å². The average molecular weight is 166 g/mol. The van der Waals surface area contributed by atoms with E-state index in [4.69, 9.17) is 10.00 Å². The third-order valence-electron chi connectivity index (χ3n) is 1.03. The van der Waals surface area contributed by atoms with Crippen molar-refractivity contribution in [1.29, 1.82) is 0 Å². The molecule has 60 valence electrons. The maximum atomic E-state index is 10.1. The van der Waals surface area contributed by atoms with E-state index in [2.05, 4.69) is 0 Å². The summed E-state index contributed by atoms with van der Waals surface area (Å²) in [6.45, 7) is 0. The average Bonchev–Trinajstić information content (AvgIpc) is 1.79. The van der Waals surface area contributed by atoms with Crippen molar-refractivity contribution in [3.63, 3.8) is 0 Å². The first-order chi connectivity index (χ1) is 4.63. The second-order valence-electron chi connectivity index (χ2n) is 1.99. The van der Waals surface area contributed by atoms with Gasteiger partial charge in [0, 0.05) is 12.6 Å². The van der Waals surface area contributed by atoms with E-state index in [1.54, 1.807) is 0 Å². The van der Waals surface area contributed by atoms with E-state index < -0.39 is 14.0 Å². The monoisotopic (exact) mass is 166 g/mol. The van der Waals surface area contributed by atoms with Crippen LogP contribution in [0.4, 0.5) is 0 Å². The van der Waals surface area contributed by atoms with Crippen LogP contribution in [-0.4, -0.2) is 22.1 Å². The van der Waals surface area contributed by atoms with Gasteiger partial charge in [0.15, 0.2) is 8.03 Å². The van der Waals surface area contributed by atoms with Gasteiger partial charge in [0.2, 0.25) is 0 Å². The Labute approximate surface area is 59.7 Å². The maximum absolute atomic E-state index is 10.1. The molecule has 0 aromatic carbocycles. The van der Waals surface area contributed by atoms with E-state index in [0.717, 1.165) is 0 Å². The minimum Gasteiger partial charge on any atom is -0.481 e. The number of aliphatic carboxylic acids is 1. The topological polar surface area (TPSA) is 74.6 Å². The Morgan fingerprint density at radius 3 is 2.40 bits per heavy atom. The third-order valence-corrected chi connectivity index (χ3v) is 1.81. The molecular weight excluding hydrogens is 155 g/mol. The zero-order valence-corrected chi connectivity index (χ0v) is 6.54. The molecule has 0 fully saturated rings. The summed E-state index contributed by atoms with van der Waals surface area (Å²) in [6, 6.07) is 0. The van der Waals surface area contributed by atoms with Crippen molar-refractivity contribution in [2.45, 2.75) is 19.3 Å². The predicted octanol–water partition coefficient (Wildman–Crippen LogP) is 0.708. The molecule has 0 spiro atoms. The first kappa shape index (κ1) is 9.66. The molecule has 0 bridgehead atoms. The Hall–Kier alpha value is -0.340. The molecule has 0 aliphatic carbocycles. The minimum atomic E-state index is -2.38. The van der Waals surface area contributed by atoms with Crippen LogP contribution in [0.2, 0.25) is 0 Å². The lowest BCUT2D eigenvalue weighted by Crippen LogP contribution is -1.93. The molecule has 1 atom stereocenters. The maximum Gasteiger partial charge on any atom is 0.303 e. The summed E-state index contributed by atoms with van der Waals surface area (Å²) in [5.41, 5.74) is 0. The molecule has 0 aliphatic heterocycles. The van der Waals surface area contributed by atoms with Crippen LogP contribution >= 0.6 is 8.03 Å². The lowest BCUT2D eigenvalue weighted by molar-refractivity contribution is -0.137. The normalized spacial score (nSPS) is 12.9. The number of hydrogen-bond donors (Lipinski definition) is 2. The van der Waals surface area contributed by atoms with E-state index >= 15 is 0 Å².